The fourth-order valence-electron chi connectivity index (χ4n) is 2.78. The van der Waals surface area contributed by atoms with Crippen LogP contribution in [0.15, 0.2) is 52.6 Å². The SMILES string of the molecule is Nc1ccnc2sc3c(=O)n(C4C=CC(Cl)=CC4)ccc3c12. The molecular weight excluding hydrogens is 318 g/mol. The van der Waals surface area contributed by atoms with Crippen molar-refractivity contribution in [2.24, 2.45) is 0 Å². The molecule has 110 valence electrons. The third kappa shape index (κ3) is 1.97. The smallest absolute Gasteiger partial charge is 0.269 e. The van der Waals surface area contributed by atoms with Gasteiger partial charge in [-0.1, -0.05) is 23.8 Å². The summed E-state index contributed by atoms with van der Waals surface area (Å²) in [5, 5.41) is 2.46. The van der Waals surface area contributed by atoms with Crippen LogP contribution in [0.2, 0.25) is 0 Å². The van der Waals surface area contributed by atoms with Gasteiger partial charge in [0, 0.05) is 33.9 Å². The number of allylic oxidation sites excluding steroid dienone is 4. The summed E-state index contributed by atoms with van der Waals surface area (Å²) >= 11 is 7.33. The van der Waals surface area contributed by atoms with Gasteiger partial charge < -0.3 is 10.3 Å². The van der Waals surface area contributed by atoms with Gasteiger partial charge in [0.2, 0.25) is 0 Å². The van der Waals surface area contributed by atoms with Gasteiger partial charge in [0.25, 0.3) is 5.56 Å². The first-order valence-corrected chi connectivity index (χ1v) is 8.06. The lowest BCUT2D eigenvalue weighted by atomic mass is 10.1. The molecule has 0 saturated carbocycles. The quantitative estimate of drug-likeness (QED) is 0.738. The molecule has 2 N–H and O–H groups in total. The Morgan fingerprint density at radius 3 is 3.05 bits per heavy atom. The summed E-state index contributed by atoms with van der Waals surface area (Å²) in [5.41, 5.74) is 6.68. The van der Waals surface area contributed by atoms with E-state index in [2.05, 4.69) is 4.98 Å². The molecule has 1 unspecified atom stereocenters. The number of pyridine rings is 2. The van der Waals surface area contributed by atoms with Crippen molar-refractivity contribution in [2.75, 3.05) is 5.73 Å². The summed E-state index contributed by atoms with van der Waals surface area (Å²) in [7, 11) is 0. The molecule has 4 rings (SSSR count). The van der Waals surface area contributed by atoms with E-state index in [1.165, 1.54) is 11.3 Å². The molecule has 0 bridgehead atoms. The lowest BCUT2D eigenvalue weighted by Gasteiger charge is -2.17. The summed E-state index contributed by atoms with van der Waals surface area (Å²) in [6, 6.07) is 3.70. The number of rotatable bonds is 1. The predicted octanol–water partition coefficient (Wildman–Crippen LogP) is 3.82. The number of fused-ring (bicyclic) bond motifs is 3. The average molecular weight is 330 g/mol. The molecule has 0 amide bonds. The molecule has 1 aliphatic carbocycles. The Hall–Kier alpha value is -2.11. The van der Waals surface area contributed by atoms with Gasteiger partial charge in [-0.15, -0.1) is 11.3 Å². The predicted molar refractivity (Wildman–Crippen MR) is 92.5 cm³/mol. The highest BCUT2D eigenvalue weighted by Crippen LogP contribution is 2.34. The molecule has 0 saturated heterocycles. The van der Waals surface area contributed by atoms with Crippen LogP contribution in [0.5, 0.6) is 0 Å². The van der Waals surface area contributed by atoms with Gasteiger partial charge in [-0.05, 0) is 24.6 Å². The van der Waals surface area contributed by atoms with E-state index >= 15 is 0 Å². The minimum absolute atomic E-state index is 0.00471. The van der Waals surface area contributed by atoms with Crippen molar-refractivity contribution in [3.05, 3.63) is 58.1 Å². The highest BCUT2D eigenvalue weighted by Gasteiger charge is 2.17. The lowest BCUT2D eigenvalue weighted by Crippen LogP contribution is -2.23. The summed E-state index contributed by atoms with van der Waals surface area (Å²) in [4.78, 5) is 17.9. The van der Waals surface area contributed by atoms with Gasteiger partial charge in [-0.2, -0.15) is 0 Å². The van der Waals surface area contributed by atoms with Crippen molar-refractivity contribution in [1.29, 1.82) is 0 Å². The Morgan fingerprint density at radius 1 is 1.41 bits per heavy atom. The van der Waals surface area contributed by atoms with Crippen LogP contribution in [-0.2, 0) is 0 Å². The second kappa shape index (κ2) is 4.97. The first-order valence-electron chi connectivity index (χ1n) is 6.87. The molecule has 3 aromatic rings. The lowest BCUT2D eigenvalue weighted by molar-refractivity contribution is 0.590. The van der Waals surface area contributed by atoms with Crippen LogP contribution in [0, 0.1) is 0 Å². The Labute approximate surface area is 135 Å². The fourth-order valence-corrected chi connectivity index (χ4v) is 4.05. The van der Waals surface area contributed by atoms with E-state index in [1.807, 2.05) is 30.5 Å². The first kappa shape index (κ1) is 13.5. The van der Waals surface area contributed by atoms with Gasteiger partial charge in [-0.25, -0.2) is 4.98 Å². The zero-order valence-corrected chi connectivity index (χ0v) is 13.1. The third-order valence-electron chi connectivity index (χ3n) is 3.88. The molecule has 0 aromatic carbocycles. The maximum atomic E-state index is 12.8. The number of aromatic nitrogens is 2. The summed E-state index contributed by atoms with van der Waals surface area (Å²) in [5.74, 6) is 0. The van der Waals surface area contributed by atoms with Crippen molar-refractivity contribution in [3.8, 4) is 0 Å². The Bertz CT molecular complexity index is 1020. The van der Waals surface area contributed by atoms with Crippen LogP contribution in [0.1, 0.15) is 12.5 Å². The van der Waals surface area contributed by atoms with Crippen LogP contribution < -0.4 is 11.3 Å². The van der Waals surface area contributed by atoms with Crippen LogP contribution in [0.25, 0.3) is 20.3 Å². The van der Waals surface area contributed by atoms with Crippen molar-refractivity contribution < 1.29 is 0 Å². The minimum Gasteiger partial charge on any atom is -0.398 e. The molecule has 1 atom stereocenters. The maximum Gasteiger partial charge on any atom is 0.269 e. The van der Waals surface area contributed by atoms with Gasteiger partial charge in [0.15, 0.2) is 0 Å². The van der Waals surface area contributed by atoms with Crippen LogP contribution >= 0.6 is 22.9 Å². The number of nitrogens with two attached hydrogens (primary N) is 1. The van der Waals surface area contributed by atoms with Gasteiger partial charge in [0.1, 0.15) is 9.53 Å². The van der Waals surface area contributed by atoms with Crippen molar-refractivity contribution in [2.45, 2.75) is 12.5 Å². The van der Waals surface area contributed by atoms with E-state index in [1.54, 1.807) is 16.8 Å². The van der Waals surface area contributed by atoms with E-state index in [-0.39, 0.29) is 11.6 Å². The number of hydrogen-bond acceptors (Lipinski definition) is 4. The van der Waals surface area contributed by atoms with E-state index < -0.39 is 0 Å². The number of anilines is 1. The molecule has 4 nitrogen and oxygen atoms in total. The topological polar surface area (TPSA) is 60.9 Å². The molecule has 22 heavy (non-hydrogen) atoms. The van der Waals surface area contributed by atoms with E-state index in [0.29, 0.717) is 21.8 Å². The van der Waals surface area contributed by atoms with Gasteiger partial charge in [0.05, 0.1) is 6.04 Å². The normalized spacial score (nSPS) is 18.0. The van der Waals surface area contributed by atoms with Gasteiger partial charge >= 0.3 is 0 Å². The van der Waals surface area contributed by atoms with E-state index in [4.69, 9.17) is 17.3 Å². The number of halogens is 1. The molecule has 0 aliphatic heterocycles. The standard InChI is InChI=1S/C16H12ClN3OS/c17-9-1-3-10(4-2-9)20-8-6-11-13-12(18)5-7-19-15(13)22-14(11)16(20)21/h1-3,5-8,10H,4H2,(H2,18,19). The fraction of sp³-hybridized carbons (Fsp3) is 0.125. The maximum absolute atomic E-state index is 12.8. The van der Waals surface area contributed by atoms with Crippen LogP contribution in [0.4, 0.5) is 5.69 Å². The zero-order chi connectivity index (χ0) is 15.3. The Morgan fingerprint density at radius 2 is 2.27 bits per heavy atom. The highest BCUT2D eigenvalue weighted by molar-refractivity contribution is 7.25. The number of nitrogen functional groups attached to an aromatic ring is 1. The molecule has 0 spiro atoms. The highest BCUT2D eigenvalue weighted by atomic mass is 35.5. The number of thiophene rings is 1. The molecule has 1 aliphatic rings. The minimum atomic E-state index is -0.0130. The van der Waals surface area contributed by atoms with E-state index in [0.717, 1.165) is 15.6 Å². The van der Waals surface area contributed by atoms with E-state index in [9.17, 15) is 4.79 Å². The summed E-state index contributed by atoms with van der Waals surface area (Å²) in [6.07, 6.45) is 9.92. The van der Waals surface area contributed by atoms with Crippen LogP contribution in [-0.4, -0.2) is 9.55 Å². The largest absolute Gasteiger partial charge is 0.398 e. The summed E-state index contributed by atoms with van der Waals surface area (Å²) in [6.45, 7) is 0. The second-order valence-electron chi connectivity index (χ2n) is 5.20. The van der Waals surface area contributed by atoms with Gasteiger partial charge in [-0.3, -0.25) is 4.79 Å². The molecule has 6 heteroatoms. The van der Waals surface area contributed by atoms with Crippen molar-refractivity contribution >= 4 is 48.9 Å². The molecule has 0 fully saturated rings. The van der Waals surface area contributed by atoms with Crippen molar-refractivity contribution in [1.82, 2.24) is 9.55 Å². The second-order valence-corrected chi connectivity index (χ2v) is 6.64. The Kier molecular flexibility index (Phi) is 3.06. The first-order chi connectivity index (χ1) is 10.6. The third-order valence-corrected chi connectivity index (χ3v) is 5.26. The molecule has 3 aromatic heterocycles. The molecule has 0 radical (unpaired) electrons. The number of nitrogens with zero attached hydrogens (tertiary/aromatic N) is 2. The molecule has 3 heterocycles. The van der Waals surface area contributed by atoms with Crippen molar-refractivity contribution in [3.63, 3.8) is 0 Å². The monoisotopic (exact) mass is 329 g/mol. The van der Waals surface area contributed by atoms with Crippen LogP contribution in [0.3, 0.4) is 0 Å². The Balaban J connectivity index is 1.95. The zero-order valence-electron chi connectivity index (χ0n) is 11.5. The summed E-state index contributed by atoms with van der Waals surface area (Å²) < 4.78 is 2.43. The average Bonchev–Trinajstić information content (AvgIpc) is 2.90. The molecular formula is C16H12ClN3OS. The number of hydrogen-bond donors (Lipinski definition) is 1.